The van der Waals surface area contributed by atoms with Gasteiger partial charge in [0, 0.05) is 16.0 Å². The molecule has 1 amide bonds. The van der Waals surface area contributed by atoms with E-state index in [9.17, 15) is 14.7 Å². The van der Waals surface area contributed by atoms with E-state index in [-0.39, 0.29) is 11.3 Å². The Morgan fingerprint density at radius 3 is 2.37 bits per heavy atom. The summed E-state index contributed by atoms with van der Waals surface area (Å²) in [5.74, 6) is -0.464. The number of rotatable bonds is 7. The molecule has 1 saturated heterocycles. The number of methoxy groups -OCH3 is 2. The van der Waals surface area contributed by atoms with Crippen molar-refractivity contribution in [3.05, 3.63) is 69.7 Å². The monoisotopic (exact) mass is 494 g/mol. The van der Waals surface area contributed by atoms with Crippen molar-refractivity contribution in [2.75, 3.05) is 25.7 Å². The number of aryl methyl sites for hydroxylation is 2. The highest BCUT2D eigenvalue weighted by Gasteiger charge is 2.49. The molecule has 1 N–H and O–H groups in total. The van der Waals surface area contributed by atoms with E-state index in [4.69, 9.17) is 14.2 Å². The van der Waals surface area contributed by atoms with Crippen LogP contribution in [0.4, 0.5) is 5.13 Å². The van der Waals surface area contributed by atoms with Gasteiger partial charge in [-0.05, 0) is 51.1 Å². The zero-order valence-corrected chi connectivity index (χ0v) is 20.9. The predicted molar refractivity (Wildman–Crippen MR) is 134 cm³/mol. The SMILES string of the molecule is CCOc1ccc(/C(O)=C2\C(=O)C(=O)N(c3nc(C)c(C)s3)[C@H]2c2cccc(OC)c2OC)cc1. The number of amides is 1. The molecule has 4 rings (SSSR count). The molecule has 0 saturated carbocycles. The second-order valence-electron chi connectivity index (χ2n) is 7.85. The van der Waals surface area contributed by atoms with Crippen molar-refractivity contribution in [2.45, 2.75) is 26.8 Å². The van der Waals surface area contributed by atoms with E-state index < -0.39 is 17.7 Å². The van der Waals surface area contributed by atoms with Crippen LogP contribution in [0.1, 0.15) is 34.7 Å². The van der Waals surface area contributed by atoms with Crippen LogP contribution in [0.3, 0.4) is 0 Å². The Kier molecular flexibility index (Phi) is 6.79. The molecule has 1 fully saturated rings. The molecule has 0 unspecified atom stereocenters. The van der Waals surface area contributed by atoms with E-state index in [0.29, 0.717) is 40.1 Å². The number of carbonyl (C=O) groups excluding carboxylic acids is 2. The number of hydrogen-bond donors (Lipinski definition) is 1. The molecule has 2 heterocycles. The Morgan fingerprint density at radius 2 is 1.80 bits per heavy atom. The number of nitrogens with zero attached hydrogens (tertiary/aromatic N) is 2. The molecule has 1 atom stereocenters. The maximum Gasteiger partial charge on any atom is 0.301 e. The van der Waals surface area contributed by atoms with Crippen molar-refractivity contribution in [3.8, 4) is 17.2 Å². The summed E-state index contributed by atoms with van der Waals surface area (Å²) in [5.41, 5.74) is 1.57. The minimum Gasteiger partial charge on any atom is -0.507 e. The maximum absolute atomic E-state index is 13.4. The van der Waals surface area contributed by atoms with Gasteiger partial charge in [0.05, 0.1) is 32.1 Å². The number of aliphatic hydroxyl groups excluding tert-OH is 1. The van der Waals surface area contributed by atoms with Gasteiger partial charge in [-0.15, -0.1) is 11.3 Å². The first-order chi connectivity index (χ1) is 16.8. The van der Waals surface area contributed by atoms with Crippen LogP contribution < -0.4 is 19.1 Å². The number of thiazole rings is 1. The largest absolute Gasteiger partial charge is 0.507 e. The molecule has 2 aromatic carbocycles. The van der Waals surface area contributed by atoms with Crippen molar-refractivity contribution in [1.29, 1.82) is 0 Å². The average Bonchev–Trinajstić information content (AvgIpc) is 3.33. The molecule has 0 spiro atoms. The molecule has 182 valence electrons. The first-order valence-electron chi connectivity index (χ1n) is 11.0. The Balaban J connectivity index is 1.97. The second kappa shape index (κ2) is 9.79. The van der Waals surface area contributed by atoms with Crippen molar-refractivity contribution < 1.29 is 28.9 Å². The lowest BCUT2D eigenvalue weighted by molar-refractivity contribution is -0.132. The Morgan fingerprint density at radius 1 is 1.09 bits per heavy atom. The Labute approximate surface area is 207 Å². The molecule has 35 heavy (non-hydrogen) atoms. The van der Waals surface area contributed by atoms with Crippen molar-refractivity contribution in [2.24, 2.45) is 0 Å². The number of para-hydroxylation sites is 1. The first kappa shape index (κ1) is 24.3. The Bertz CT molecular complexity index is 1290. The van der Waals surface area contributed by atoms with E-state index in [2.05, 4.69) is 4.98 Å². The molecule has 1 aliphatic rings. The third-order valence-corrected chi connectivity index (χ3v) is 6.91. The fourth-order valence-corrected chi connectivity index (χ4v) is 4.98. The van der Waals surface area contributed by atoms with Gasteiger partial charge in [0.2, 0.25) is 0 Å². The highest BCUT2D eigenvalue weighted by molar-refractivity contribution is 7.16. The van der Waals surface area contributed by atoms with Gasteiger partial charge in [-0.3, -0.25) is 14.5 Å². The molecule has 0 aliphatic carbocycles. The summed E-state index contributed by atoms with van der Waals surface area (Å²) in [6, 6.07) is 10.9. The number of aromatic nitrogens is 1. The van der Waals surface area contributed by atoms with Gasteiger partial charge in [-0.25, -0.2) is 4.98 Å². The second-order valence-corrected chi connectivity index (χ2v) is 9.03. The number of hydrogen-bond acceptors (Lipinski definition) is 8. The summed E-state index contributed by atoms with van der Waals surface area (Å²) >= 11 is 1.31. The summed E-state index contributed by atoms with van der Waals surface area (Å²) in [5, 5.41) is 11.7. The highest BCUT2D eigenvalue weighted by Crippen LogP contribution is 2.48. The van der Waals surface area contributed by atoms with E-state index in [0.717, 1.165) is 10.6 Å². The number of anilines is 1. The van der Waals surface area contributed by atoms with Gasteiger partial charge in [0.25, 0.3) is 5.78 Å². The summed E-state index contributed by atoms with van der Waals surface area (Å²) in [7, 11) is 2.99. The standard InChI is InChI=1S/C26H26N2O6S/c1-6-34-17-12-10-16(11-13-17)22(29)20-21(18-8-7-9-19(32-4)24(18)33-5)28(25(31)23(20)30)26-27-14(2)15(3)35-26/h7-13,21,29H,6H2,1-5H3/b22-20+/t21-/m0/s1. The maximum atomic E-state index is 13.4. The normalized spacial score (nSPS) is 17.1. The van der Waals surface area contributed by atoms with Gasteiger partial charge in [0.1, 0.15) is 17.6 Å². The van der Waals surface area contributed by atoms with Crippen LogP contribution in [0.2, 0.25) is 0 Å². The van der Waals surface area contributed by atoms with E-state index >= 15 is 0 Å². The average molecular weight is 495 g/mol. The van der Waals surface area contributed by atoms with Crippen LogP contribution in [0.25, 0.3) is 5.76 Å². The van der Waals surface area contributed by atoms with Crippen LogP contribution >= 0.6 is 11.3 Å². The minimum atomic E-state index is -0.975. The van der Waals surface area contributed by atoms with Crippen LogP contribution in [0.5, 0.6) is 17.2 Å². The number of Topliss-reactive ketones (excluding diaryl/α,β-unsaturated/α-hetero) is 1. The smallest absolute Gasteiger partial charge is 0.301 e. The molecular formula is C26H26N2O6S. The predicted octanol–water partition coefficient (Wildman–Crippen LogP) is 4.80. The first-order valence-corrected chi connectivity index (χ1v) is 11.8. The van der Waals surface area contributed by atoms with Crippen LogP contribution in [-0.2, 0) is 9.59 Å². The number of aliphatic hydroxyl groups is 1. The van der Waals surface area contributed by atoms with Gasteiger partial charge < -0.3 is 19.3 Å². The molecular weight excluding hydrogens is 468 g/mol. The summed E-state index contributed by atoms with van der Waals surface area (Å²) in [4.78, 5) is 33.5. The van der Waals surface area contributed by atoms with Crippen molar-refractivity contribution in [1.82, 2.24) is 4.98 Å². The van der Waals surface area contributed by atoms with E-state index in [1.807, 2.05) is 20.8 Å². The van der Waals surface area contributed by atoms with E-state index in [1.54, 1.807) is 42.5 Å². The van der Waals surface area contributed by atoms with Gasteiger partial charge in [-0.1, -0.05) is 12.1 Å². The molecule has 3 aromatic rings. The third-order valence-electron chi connectivity index (χ3n) is 5.83. The number of benzene rings is 2. The van der Waals surface area contributed by atoms with Crippen LogP contribution in [0, 0.1) is 13.8 Å². The third kappa shape index (κ3) is 4.23. The molecule has 0 bridgehead atoms. The fraction of sp³-hybridized carbons (Fsp3) is 0.269. The number of carbonyl (C=O) groups is 2. The molecule has 1 aliphatic heterocycles. The van der Waals surface area contributed by atoms with E-state index in [1.165, 1.54) is 30.5 Å². The van der Waals surface area contributed by atoms with Crippen LogP contribution in [-0.4, -0.2) is 42.6 Å². The summed E-state index contributed by atoms with van der Waals surface area (Å²) < 4.78 is 16.6. The lowest BCUT2D eigenvalue weighted by atomic mass is 9.94. The lowest BCUT2D eigenvalue weighted by Crippen LogP contribution is -2.29. The van der Waals surface area contributed by atoms with Gasteiger partial charge in [-0.2, -0.15) is 0 Å². The molecule has 0 radical (unpaired) electrons. The zero-order chi connectivity index (χ0) is 25.3. The van der Waals surface area contributed by atoms with Gasteiger partial charge >= 0.3 is 5.91 Å². The topological polar surface area (TPSA) is 98.2 Å². The molecule has 8 nitrogen and oxygen atoms in total. The summed E-state index contributed by atoms with van der Waals surface area (Å²) in [6.45, 7) is 6.11. The van der Waals surface area contributed by atoms with Crippen molar-refractivity contribution in [3.63, 3.8) is 0 Å². The zero-order valence-electron chi connectivity index (χ0n) is 20.1. The van der Waals surface area contributed by atoms with Crippen molar-refractivity contribution >= 4 is 33.9 Å². The highest BCUT2D eigenvalue weighted by atomic mass is 32.1. The number of ketones is 1. The minimum absolute atomic E-state index is 0.0591. The van der Waals surface area contributed by atoms with Crippen LogP contribution in [0.15, 0.2) is 48.0 Å². The lowest BCUT2D eigenvalue weighted by Gasteiger charge is -2.25. The quantitative estimate of drug-likeness (QED) is 0.286. The summed E-state index contributed by atoms with van der Waals surface area (Å²) in [6.07, 6.45) is 0. The Hall–Kier alpha value is -3.85. The molecule has 1 aromatic heterocycles. The molecule has 9 heteroatoms. The van der Waals surface area contributed by atoms with Gasteiger partial charge in [0.15, 0.2) is 16.6 Å². The number of ether oxygens (including phenoxy) is 3. The fourth-order valence-electron chi connectivity index (χ4n) is 4.04.